The minimum Gasteiger partial charge on any atom is -0.0985 e. The zero-order valence-corrected chi connectivity index (χ0v) is 14.8. The monoisotopic (exact) mass is 304 g/mol. The first-order valence-corrected chi connectivity index (χ1v) is 8.38. The van der Waals surface area contributed by atoms with Gasteiger partial charge in [0, 0.05) is 0 Å². The molecule has 2 aromatic carbocycles. The molecule has 0 saturated heterocycles. The molecule has 0 aliphatic heterocycles. The van der Waals surface area contributed by atoms with Crippen LogP contribution in [-0.4, -0.2) is 0 Å². The molecular weight excluding hydrogens is 276 g/mol. The lowest BCUT2D eigenvalue weighted by Crippen LogP contribution is -1.91. The fourth-order valence-electron chi connectivity index (χ4n) is 2.51. The molecule has 0 aromatic heterocycles. The van der Waals surface area contributed by atoms with Gasteiger partial charge in [-0.15, -0.1) is 0 Å². The highest BCUT2D eigenvalue weighted by molar-refractivity contribution is 5.85. The quantitative estimate of drug-likeness (QED) is 0.406. The van der Waals surface area contributed by atoms with E-state index >= 15 is 0 Å². The van der Waals surface area contributed by atoms with E-state index in [1.165, 1.54) is 22.3 Å². The van der Waals surface area contributed by atoms with Crippen molar-refractivity contribution in [2.75, 3.05) is 0 Å². The second-order valence-electron chi connectivity index (χ2n) is 5.12. The third-order valence-electron chi connectivity index (χ3n) is 3.48. The molecule has 0 aliphatic carbocycles. The maximum absolute atomic E-state index is 3.99. The Morgan fingerprint density at radius 2 is 1.57 bits per heavy atom. The van der Waals surface area contributed by atoms with Crippen molar-refractivity contribution in [1.82, 2.24) is 0 Å². The van der Waals surface area contributed by atoms with E-state index in [9.17, 15) is 0 Å². The third kappa shape index (κ3) is 5.41. The summed E-state index contributed by atoms with van der Waals surface area (Å²) in [5, 5.41) is 0. The van der Waals surface area contributed by atoms with Crippen molar-refractivity contribution >= 4 is 5.57 Å². The van der Waals surface area contributed by atoms with Crippen LogP contribution in [0.3, 0.4) is 0 Å². The Kier molecular flexibility index (Phi) is 8.46. The molecule has 2 rings (SSSR count). The van der Waals surface area contributed by atoms with Crippen molar-refractivity contribution in [3.05, 3.63) is 91.0 Å². The van der Waals surface area contributed by atoms with E-state index in [1.807, 2.05) is 26.0 Å². The molecule has 2 aromatic rings. The Morgan fingerprint density at radius 3 is 2.17 bits per heavy atom. The SMILES string of the molecule is C=C/C(=C\C(C)/C=C\C)c1ccccc1-c1ccccc1.CC. The van der Waals surface area contributed by atoms with Crippen molar-refractivity contribution in [3.63, 3.8) is 0 Å². The van der Waals surface area contributed by atoms with Gasteiger partial charge in [0.05, 0.1) is 0 Å². The zero-order chi connectivity index (χ0) is 17.1. The maximum Gasteiger partial charge on any atom is -0.00728 e. The number of allylic oxidation sites excluding steroid dienone is 5. The van der Waals surface area contributed by atoms with E-state index in [-0.39, 0.29) is 0 Å². The molecule has 0 spiro atoms. The molecule has 0 saturated carbocycles. The van der Waals surface area contributed by atoms with Gasteiger partial charge < -0.3 is 0 Å². The fraction of sp³-hybridized carbons (Fsp3) is 0.217. The molecule has 1 atom stereocenters. The third-order valence-corrected chi connectivity index (χ3v) is 3.48. The molecule has 0 aliphatic rings. The summed E-state index contributed by atoms with van der Waals surface area (Å²) in [6.45, 7) is 12.2. The second-order valence-corrected chi connectivity index (χ2v) is 5.12. The normalized spacial score (nSPS) is 12.4. The highest BCUT2D eigenvalue weighted by Gasteiger charge is 2.07. The molecule has 0 N–H and O–H groups in total. The molecule has 120 valence electrons. The molecule has 23 heavy (non-hydrogen) atoms. The second kappa shape index (κ2) is 10.4. The summed E-state index contributed by atoms with van der Waals surface area (Å²) in [5.74, 6) is 0.395. The largest absolute Gasteiger partial charge is 0.0985 e. The topological polar surface area (TPSA) is 0 Å². The lowest BCUT2D eigenvalue weighted by Gasteiger charge is -2.12. The summed E-state index contributed by atoms with van der Waals surface area (Å²) in [6, 6.07) is 19.0. The molecule has 0 radical (unpaired) electrons. The van der Waals surface area contributed by atoms with Crippen LogP contribution in [-0.2, 0) is 0 Å². The van der Waals surface area contributed by atoms with Gasteiger partial charge in [-0.3, -0.25) is 0 Å². The first kappa shape index (κ1) is 18.7. The van der Waals surface area contributed by atoms with Crippen molar-refractivity contribution in [3.8, 4) is 11.1 Å². The van der Waals surface area contributed by atoms with Crippen molar-refractivity contribution in [1.29, 1.82) is 0 Å². The van der Waals surface area contributed by atoms with Gasteiger partial charge in [0.1, 0.15) is 0 Å². The number of benzene rings is 2. The van der Waals surface area contributed by atoms with E-state index in [0.29, 0.717) is 5.92 Å². The smallest absolute Gasteiger partial charge is 0.00728 e. The first-order chi connectivity index (χ1) is 11.3. The Balaban J connectivity index is 0.00000127. The highest BCUT2D eigenvalue weighted by Crippen LogP contribution is 2.30. The van der Waals surface area contributed by atoms with Gasteiger partial charge in [0.2, 0.25) is 0 Å². The highest BCUT2D eigenvalue weighted by atomic mass is 14.1. The van der Waals surface area contributed by atoms with E-state index in [0.717, 1.165) is 0 Å². The van der Waals surface area contributed by atoms with Crippen LogP contribution in [0.1, 0.15) is 33.3 Å². The van der Waals surface area contributed by atoms with Crippen LogP contribution < -0.4 is 0 Å². The van der Waals surface area contributed by atoms with E-state index in [1.54, 1.807) is 0 Å². The zero-order valence-electron chi connectivity index (χ0n) is 14.8. The van der Waals surface area contributed by atoms with Crippen molar-refractivity contribution in [2.24, 2.45) is 5.92 Å². The summed E-state index contributed by atoms with van der Waals surface area (Å²) < 4.78 is 0. The van der Waals surface area contributed by atoms with Gasteiger partial charge in [0.15, 0.2) is 0 Å². The van der Waals surface area contributed by atoms with Gasteiger partial charge in [-0.25, -0.2) is 0 Å². The number of hydrogen-bond donors (Lipinski definition) is 0. The Labute approximate surface area is 141 Å². The van der Waals surface area contributed by atoms with Crippen LogP contribution >= 0.6 is 0 Å². The molecule has 0 heterocycles. The maximum atomic E-state index is 3.99. The van der Waals surface area contributed by atoms with Gasteiger partial charge in [-0.1, -0.05) is 106 Å². The number of rotatable bonds is 5. The predicted octanol–water partition coefficient (Wildman–Crippen LogP) is 7.16. The molecule has 1 unspecified atom stereocenters. The summed E-state index contributed by atoms with van der Waals surface area (Å²) in [7, 11) is 0. The van der Waals surface area contributed by atoms with E-state index < -0.39 is 0 Å². The van der Waals surface area contributed by atoms with Crippen LogP contribution in [0.2, 0.25) is 0 Å². The van der Waals surface area contributed by atoms with E-state index in [4.69, 9.17) is 0 Å². The average molecular weight is 304 g/mol. The average Bonchev–Trinajstić information content (AvgIpc) is 2.62. The van der Waals surface area contributed by atoms with Crippen LogP contribution in [0, 0.1) is 5.92 Å². The first-order valence-electron chi connectivity index (χ1n) is 8.38. The predicted molar refractivity (Wildman–Crippen MR) is 105 cm³/mol. The molecule has 0 amide bonds. The van der Waals surface area contributed by atoms with Gasteiger partial charge in [-0.05, 0) is 35.1 Å². The Bertz CT molecular complexity index is 645. The van der Waals surface area contributed by atoms with Gasteiger partial charge >= 0.3 is 0 Å². The lowest BCUT2D eigenvalue weighted by molar-refractivity contribution is 0.940. The van der Waals surface area contributed by atoms with Crippen LogP contribution in [0.25, 0.3) is 16.7 Å². The van der Waals surface area contributed by atoms with Crippen molar-refractivity contribution in [2.45, 2.75) is 27.7 Å². The molecule has 0 nitrogen and oxygen atoms in total. The van der Waals surface area contributed by atoms with Crippen LogP contribution in [0.4, 0.5) is 0 Å². The van der Waals surface area contributed by atoms with Crippen LogP contribution in [0.15, 0.2) is 85.5 Å². The van der Waals surface area contributed by atoms with Crippen LogP contribution in [0.5, 0.6) is 0 Å². The van der Waals surface area contributed by atoms with E-state index in [2.05, 4.69) is 87.2 Å². The summed E-state index contributed by atoms with van der Waals surface area (Å²) >= 11 is 0. The molecule has 0 fully saturated rings. The fourth-order valence-corrected chi connectivity index (χ4v) is 2.51. The molecule has 0 bridgehead atoms. The Hall–Kier alpha value is -2.34. The Morgan fingerprint density at radius 1 is 0.957 bits per heavy atom. The van der Waals surface area contributed by atoms with Crippen molar-refractivity contribution < 1.29 is 0 Å². The minimum absolute atomic E-state index is 0.395. The molecule has 0 heteroatoms. The lowest BCUT2D eigenvalue weighted by atomic mass is 9.92. The minimum atomic E-state index is 0.395. The molecular formula is C23H28. The summed E-state index contributed by atoms with van der Waals surface area (Å²) in [6.07, 6.45) is 8.48. The van der Waals surface area contributed by atoms with Gasteiger partial charge in [0.25, 0.3) is 0 Å². The number of hydrogen-bond acceptors (Lipinski definition) is 0. The van der Waals surface area contributed by atoms with Gasteiger partial charge in [-0.2, -0.15) is 0 Å². The summed E-state index contributed by atoms with van der Waals surface area (Å²) in [4.78, 5) is 0. The standard InChI is InChI=1S/C21H22.C2H6/c1-4-11-17(3)16-18(5-2)20-14-9-10-15-21(20)19-12-7-6-8-13-19;1-2/h4-17H,2H2,1,3H3;1-2H3/b11-4-,18-16+;. The summed E-state index contributed by atoms with van der Waals surface area (Å²) in [5.41, 5.74) is 4.89.